The van der Waals surface area contributed by atoms with Crippen LogP contribution in [0.15, 0.2) is 23.1 Å². The van der Waals surface area contributed by atoms with Crippen molar-refractivity contribution in [1.82, 2.24) is 9.62 Å². The van der Waals surface area contributed by atoms with Crippen LogP contribution in [0.25, 0.3) is 0 Å². The second-order valence-corrected chi connectivity index (χ2v) is 6.79. The Morgan fingerprint density at radius 1 is 1.29 bits per heavy atom. The third-order valence-electron chi connectivity index (χ3n) is 3.03. The molecular formula is C14H25N3O3S. The molecule has 0 aliphatic carbocycles. The number of nitrogens with two attached hydrogens (primary N) is 1. The maximum absolute atomic E-state index is 12.1. The Balaban J connectivity index is 2.48. The zero-order valence-electron chi connectivity index (χ0n) is 12.9. The van der Waals surface area contributed by atoms with E-state index in [1.54, 1.807) is 12.1 Å². The van der Waals surface area contributed by atoms with Crippen molar-refractivity contribution in [3.05, 3.63) is 23.8 Å². The lowest BCUT2D eigenvalue weighted by atomic mass is 10.1. The Morgan fingerprint density at radius 2 is 2.00 bits per heavy atom. The molecule has 0 spiro atoms. The van der Waals surface area contributed by atoms with Crippen LogP contribution in [0.5, 0.6) is 0 Å². The second kappa shape index (κ2) is 8.33. The summed E-state index contributed by atoms with van der Waals surface area (Å²) >= 11 is 0. The lowest BCUT2D eigenvalue weighted by Crippen LogP contribution is -2.28. The molecule has 0 aliphatic rings. The van der Waals surface area contributed by atoms with E-state index in [9.17, 15) is 8.42 Å². The number of nitrogen functional groups attached to an aromatic ring is 1. The molecule has 0 radical (unpaired) electrons. The zero-order valence-corrected chi connectivity index (χ0v) is 13.7. The fourth-order valence-corrected chi connectivity index (χ4v) is 2.79. The van der Waals surface area contributed by atoms with Gasteiger partial charge in [0.05, 0.1) is 18.1 Å². The molecular weight excluding hydrogens is 290 g/mol. The van der Waals surface area contributed by atoms with Gasteiger partial charge in [0.15, 0.2) is 0 Å². The molecule has 1 rings (SSSR count). The number of hydrogen-bond donors (Lipinski definition) is 2. The molecule has 0 aliphatic heterocycles. The number of sulfonamides is 1. The van der Waals surface area contributed by atoms with Gasteiger partial charge < -0.3 is 15.4 Å². The van der Waals surface area contributed by atoms with E-state index in [1.807, 2.05) is 25.9 Å². The molecule has 21 heavy (non-hydrogen) atoms. The van der Waals surface area contributed by atoms with Crippen LogP contribution < -0.4 is 10.5 Å². The van der Waals surface area contributed by atoms with Crippen molar-refractivity contribution < 1.29 is 13.2 Å². The minimum atomic E-state index is -3.53. The minimum Gasteiger partial charge on any atom is -0.398 e. The third kappa shape index (κ3) is 6.01. The first kappa shape index (κ1) is 17.9. The van der Waals surface area contributed by atoms with E-state index in [4.69, 9.17) is 10.5 Å². The second-order valence-electron chi connectivity index (χ2n) is 5.03. The number of rotatable bonds is 9. The molecule has 0 amide bonds. The zero-order chi connectivity index (χ0) is 15.9. The number of benzene rings is 1. The van der Waals surface area contributed by atoms with Crippen molar-refractivity contribution in [2.24, 2.45) is 0 Å². The highest BCUT2D eigenvalue weighted by molar-refractivity contribution is 7.89. The van der Waals surface area contributed by atoms with E-state index < -0.39 is 10.0 Å². The smallest absolute Gasteiger partial charge is 0.240 e. The summed E-state index contributed by atoms with van der Waals surface area (Å²) in [5, 5.41) is 0. The Labute approximate surface area is 127 Å². The van der Waals surface area contributed by atoms with Crippen LogP contribution in [0.3, 0.4) is 0 Å². The number of hydrogen-bond acceptors (Lipinski definition) is 5. The molecule has 1 aromatic carbocycles. The number of anilines is 1. The van der Waals surface area contributed by atoms with E-state index in [-0.39, 0.29) is 11.4 Å². The SMILES string of the molecule is CCc1ccc(S(=O)(=O)NCCOCCN(C)C)cc1N. The summed E-state index contributed by atoms with van der Waals surface area (Å²) in [6.07, 6.45) is 0.777. The molecule has 0 saturated heterocycles. The summed E-state index contributed by atoms with van der Waals surface area (Å²) in [6, 6.07) is 4.82. The van der Waals surface area contributed by atoms with Gasteiger partial charge >= 0.3 is 0 Å². The van der Waals surface area contributed by atoms with E-state index in [1.165, 1.54) is 6.07 Å². The molecule has 0 fully saturated rings. The quantitative estimate of drug-likeness (QED) is 0.517. The molecule has 0 heterocycles. The van der Waals surface area contributed by atoms with Crippen LogP contribution in [-0.4, -0.2) is 53.7 Å². The molecule has 0 unspecified atom stereocenters. The minimum absolute atomic E-state index is 0.186. The van der Waals surface area contributed by atoms with Crippen LogP contribution in [0.2, 0.25) is 0 Å². The first-order valence-electron chi connectivity index (χ1n) is 6.97. The molecule has 1 aromatic rings. The number of nitrogens with zero attached hydrogens (tertiary/aromatic N) is 1. The molecule has 6 nitrogen and oxygen atoms in total. The number of aryl methyl sites for hydroxylation is 1. The Kier molecular flexibility index (Phi) is 7.10. The van der Waals surface area contributed by atoms with Crippen molar-refractivity contribution >= 4 is 15.7 Å². The van der Waals surface area contributed by atoms with Gasteiger partial charge in [0.1, 0.15) is 0 Å². The first-order valence-corrected chi connectivity index (χ1v) is 8.45. The standard InChI is InChI=1S/C14H25N3O3S/c1-4-12-5-6-13(11-14(12)15)21(18,19)16-7-9-20-10-8-17(2)3/h5-6,11,16H,4,7-10,15H2,1-3H3. The van der Waals surface area contributed by atoms with Crippen molar-refractivity contribution in [3.8, 4) is 0 Å². The topological polar surface area (TPSA) is 84.7 Å². The molecule has 0 saturated carbocycles. The van der Waals surface area contributed by atoms with E-state index >= 15 is 0 Å². The lowest BCUT2D eigenvalue weighted by Gasteiger charge is -2.11. The van der Waals surface area contributed by atoms with Crippen LogP contribution in [0.4, 0.5) is 5.69 Å². The van der Waals surface area contributed by atoms with Gasteiger partial charge in [0.2, 0.25) is 10.0 Å². The van der Waals surface area contributed by atoms with Crippen molar-refractivity contribution in [3.63, 3.8) is 0 Å². The van der Waals surface area contributed by atoms with Crippen molar-refractivity contribution in [1.29, 1.82) is 0 Å². The van der Waals surface area contributed by atoms with Gasteiger partial charge in [-0.3, -0.25) is 0 Å². The van der Waals surface area contributed by atoms with Gasteiger partial charge in [-0.15, -0.1) is 0 Å². The first-order chi connectivity index (χ1) is 9.86. The van der Waals surface area contributed by atoms with E-state index in [0.29, 0.717) is 18.9 Å². The summed E-state index contributed by atoms with van der Waals surface area (Å²) in [7, 11) is 0.378. The van der Waals surface area contributed by atoms with E-state index in [0.717, 1.165) is 18.5 Å². The highest BCUT2D eigenvalue weighted by Crippen LogP contribution is 2.18. The van der Waals surface area contributed by atoms with Gasteiger partial charge in [-0.25, -0.2) is 13.1 Å². The van der Waals surface area contributed by atoms with Gasteiger partial charge in [-0.1, -0.05) is 13.0 Å². The largest absolute Gasteiger partial charge is 0.398 e. The summed E-state index contributed by atoms with van der Waals surface area (Å²) in [5.74, 6) is 0. The van der Waals surface area contributed by atoms with Crippen LogP contribution >= 0.6 is 0 Å². The highest BCUT2D eigenvalue weighted by Gasteiger charge is 2.14. The monoisotopic (exact) mass is 315 g/mol. The third-order valence-corrected chi connectivity index (χ3v) is 4.49. The van der Waals surface area contributed by atoms with E-state index in [2.05, 4.69) is 4.72 Å². The molecule has 3 N–H and O–H groups in total. The number of nitrogens with one attached hydrogen (secondary N) is 1. The fourth-order valence-electron chi connectivity index (χ4n) is 1.74. The van der Waals surface area contributed by atoms with Crippen LogP contribution in [0, 0.1) is 0 Å². The molecule has 0 aromatic heterocycles. The average Bonchev–Trinajstić information content (AvgIpc) is 2.42. The molecule has 120 valence electrons. The highest BCUT2D eigenvalue weighted by atomic mass is 32.2. The number of ether oxygens (including phenoxy) is 1. The average molecular weight is 315 g/mol. The van der Waals surface area contributed by atoms with Crippen molar-refractivity contribution in [2.75, 3.05) is 46.1 Å². The van der Waals surface area contributed by atoms with Gasteiger partial charge in [-0.2, -0.15) is 0 Å². The summed E-state index contributed by atoms with van der Waals surface area (Å²) in [5.41, 5.74) is 7.28. The summed E-state index contributed by atoms with van der Waals surface area (Å²) in [6.45, 7) is 3.94. The van der Waals surface area contributed by atoms with Crippen LogP contribution in [-0.2, 0) is 21.2 Å². The lowest BCUT2D eigenvalue weighted by molar-refractivity contribution is 0.122. The summed E-state index contributed by atoms with van der Waals surface area (Å²) < 4.78 is 32.0. The molecule has 0 bridgehead atoms. The van der Waals surface area contributed by atoms with Crippen molar-refractivity contribution in [2.45, 2.75) is 18.2 Å². The maximum Gasteiger partial charge on any atom is 0.240 e. The van der Waals surface area contributed by atoms with Crippen LogP contribution in [0.1, 0.15) is 12.5 Å². The van der Waals surface area contributed by atoms with Gasteiger partial charge in [0, 0.05) is 18.8 Å². The predicted molar refractivity (Wildman–Crippen MR) is 84.8 cm³/mol. The number of likely N-dealkylation sites (N-methyl/N-ethyl adjacent to an activating group) is 1. The van der Waals surface area contributed by atoms with Gasteiger partial charge in [0.25, 0.3) is 0 Å². The maximum atomic E-state index is 12.1. The fraction of sp³-hybridized carbons (Fsp3) is 0.571. The summed E-state index contributed by atoms with van der Waals surface area (Å²) in [4.78, 5) is 2.19. The Morgan fingerprint density at radius 3 is 2.57 bits per heavy atom. The molecule has 7 heteroatoms. The Hall–Kier alpha value is -1.15. The predicted octanol–water partition coefficient (Wildman–Crippen LogP) is 0.688. The normalized spacial score (nSPS) is 12.0. The molecule has 0 atom stereocenters. The Bertz CT molecular complexity index is 544. The van der Waals surface area contributed by atoms with Gasteiger partial charge in [-0.05, 0) is 38.2 Å².